The van der Waals surface area contributed by atoms with Crippen LogP contribution in [0.4, 0.5) is 13.2 Å². The Hall–Kier alpha value is -0.330. The van der Waals surface area contributed by atoms with Gasteiger partial charge in [-0.1, -0.05) is 0 Å². The quantitative estimate of drug-likeness (QED) is 0.499. The first-order valence-electron chi connectivity index (χ1n) is 3.52. The lowest BCUT2D eigenvalue weighted by Gasteiger charge is -2.30. The van der Waals surface area contributed by atoms with E-state index >= 15 is 0 Å². The molecule has 0 fully saturated rings. The summed E-state index contributed by atoms with van der Waals surface area (Å²) in [4.78, 5) is 0. The van der Waals surface area contributed by atoms with Crippen molar-refractivity contribution >= 4 is 0 Å². The van der Waals surface area contributed by atoms with Crippen LogP contribution < -0.4 is 5.48 Å². The molecule has 0 amide bonds. The zero-order valence-corrected chi connectivity index (χ0v) is 7.15. The molecule has 0 spiro atoms. The van der Waals surface area contributed by atoms with Gasteiger partial charge in [0.25, 0.3) is 0 Å². The average Bonchev–Trinajstić information content (AvgIpc) is 1.78. The summed E-state index contributed by atoms with van der Waals surface area (Å²) in [5.41, 5.74) is 1.83. The molecule has 0 bridgehead atoms. The smallest absolute Gasteiger partial charge is 0.320 e. The van der Waals surface area contributed by atoms with Gasteiger partial charge in [0.2, 0.25) is 0 Å². The Labute approximate surface area is 69.3 Å². The number of halogens is 3. The summed E-state index contributed by atoms with van der Waals surface area (Å²) in [5, 5.41) is 8.19. The predicted molar refractivity (Wildman–Crippen MR) is 37.7 cm³/mol. The Morgan fingerprint density at radius 1 is 1.33 bits per heavy atom. The van der Waals surface area contributed by atoms with Gasteiger partial charge >= 0.3 is 6.18 Å². The summed E-state index contributed by atoms with van der Waals surface area (Å²) in [6, 6.07) is 0. The maximum atomic E-state index is 11.9. The van der Waals surface area contributed by atoms with E-state index in [1.807, 2.05) is 5.48 Å². The zero-order valence-electron chi connectivity index (χ0n) is 7.15. The summed E-state index contributed by atoms with van der Waals surface area (Å²) in [7, 11) is 2.93. The zero-order chi connectivity index (χ0) is 9.83. The fraction of sp³-hybridized carbons (Fsp3) is 1.00. The van der Waals surface area contributed by atoms with E-state index in [1.165, 1.54) is 14.1 Å². The van der Waals surface area contributed by atoms with Crippen LogP contribution in [0.15, 0.2) is 0 Å². The van der Waals surface area contributed by atoms with Crippen LogP contribution in [0.1, 0.15) is 0 Å². The Morgan fingerprint density at radius 3 is 2.17 bits per heavy atom. The van der Waals surface area contributed by atoms with Crippen molar-refractivity contribution < 1.29 is 22.9 Å². The van der Waals surface area contributed by atoms with Crippen molar-refractivity contribution in [2.45, 2.75) is 6.18 Å². The molecule has 0 radical (unpaired) electrons. The predicted octanol–water partition coefficient (Wildman–Crippen LogP) is 0.604. The van der Waals surface area contributed by atoms with Crippen LogP contribution in [-0.4, -0.2) is 49.6 Å². The van der Waals surface area contributed by atoms with Gasteiger partial charge in [-0.15, -0.1) is 0 Å². The molecule has 0 aromatic heterocycles. The molecule has 0 aliphatic heterocycles. The first-order chi connectivity index (χ1) is 5.27. The third kappa shape index (κ3) is 6.38. The largest absolute Gasteiger partial charge is 0.438 e. The highest BCUT2D eigenvalue weighted by Crippen LogP contribution is 2.18. The molecule has 0 saturated carbocycles. The van der Waals surface area contributed by atoms with Gasteiger partial charge in [0.1, 0.15) is 0 Å². The van der Waals surface area contributed by atoms with Crippen LogP contribution in [0.5, 0.6) is 0 Å². The highest BCUT2D eigenvalue weighted by molar-refractivity contribution is 4.47. The van der Waals surface area contributed by atoms with Crippen LogP contribution in [0.25, 0.3) is 0 Å². The van der Waals surface area contributed by atoms with Gasteiger partial charge in [-0.05, 0) is 0 Å². The number of likely N-dealkylation sites (N-methyl/N-ethyl adjacent to an activating group) is 1. The molecular weight excluding hydrogens is 173 g/mol. The lowest BCUT2D eigenvalue weighted by Crippen LogP contribution is -2.49. The van der Waals surface area contributed by atoms with Gasteiger partial charge in [-0.2, -0.15) is 18.7 Å². The normalized spacial score (nSPS) is 13.5. The van der Waals surface area contributed by atoms with Crippen molar-refractivity contribution in [2.75, 3.05) is 33.7 Å². The van der Waals surface area contributed by atoms with Crippen LogP contribution in [-0.2, 0) is 0 Å². The molecule has 0 aliphatic carbocycles. The molecule has 0 atom stereocenters. The second kappa shape index (κ2) is 4.06. The van der Waals surface area contributed by atoms with Gasteiger partial charge in [0, 0.05) is 0 Å². The number of alkyl halides is 3. The summed E-state index contributed by atoms with van der Waals surface area (Å²) >= 11 is 0. The number of quaternary nitrogens is 1. The second-order valence-corrected chi connectivity index (χ2v) is 3.34. The lowest BCUT2D eigenvalue weighted by molar-refractivity contribution is -0.899. The number of hydroxylamine groups is 1. The molecular formula is C6H14F3N2O+. The van der Waals surface area contributed by atoms with E-state index < -0.39 is 12.7 Å². The summed E-state index contributed by atoms with van der Waals surface area (Å²) in [5.74, 6) is 0. The maximum absolute atomic E-state index is 11.9. The first-order valence-corrected chi connectivity index (χ1v) is 3.52. The van der Waals surface area contributed by atoms with E-state index in [4.69, 9.17) is 5.21 Å². The van der Waals surface area contributed by atoms with Crippen molar-refractivity contribution in [1.29, 1.82) is 0 Å². The minimum Gasteiger partial charge on any atom is -0.320 e. The van der Waals surface area contributed by atoms with E-state index in [0.29, 0.717) is 0 Å². The van der Waals surface area contributed by atoms with Crippen molar-refractivity contribution in [1.82, 2.24) is 5.48 Å². The third-order valence-corrected chi connectivity index (χ3v) is 1.44. The Balaban J connectivity index is 3.86. The van der Waals surface area contributed by atoms with Crippen molar-refractivity contribution in [3.63, 3.8) is 0 Å². The molecule has 0 aromatic rings. The topological polar surface area (TPSA) is 32.3 Å². The third-order valence-electron chi connectivity index (χ3n) is 1.44. The summed E-state index contributed by atoms with van der Waals surface area (Å²) < 4.78 is 35.5. The number of nitrogens with zero attached hydrogens (tertiary/aromatic N) is 1. The molecule has 6 heteroatoms. The standard InChI is InChI=1S/C6H14F3N2O/c1-11(2,4-3-10-12)5-6(7,8)9/h10,12H,3-5H2,1-2H3/q+1. The van der Waals surface area contributed by atoms with Crippen LogP contribution in [0.3, 0.4) is 0 Å². The van der Waals surface area contributed by atoms with Crippen molar-refractivity contribution in [3.8, 4) is 0 Å². The molecule has 0 saturated heterocycles. The van der Waals surface area contributed by atoms with E-state index in [1.54, 1.807) is 0 Å². The number of nitrogens with one attached hydrogen (secondary N) is 1. The molecule has 74 valence electrons. The number of rotatable bonds is 4. The average molecular weight is 187 g/mol. The number of hydrogen-bond acceptors (Lipinski definition) is 2. The summed E-state index contributed by atoms with van der Waals surface area (Å²) in [6.07, 6.45) is -4.15. The van der Waals surface area contributed by atoms with Crippen LogP contribution in [0, 0.1) is 0 Å². The molecule has 0 rings (SSSR count). The van der Waals surface area contributed by atoms with Gasteiger partial charge < -0.3 is 9.69 Å². The van der Waals surface area contributed by atoms with E-state index in [0.717, 1.165) is 0 Å². The van der Waals surface area contributed by atoms with Crippen LogP contribution in [0.2, 0.25) is 0 Å². The van der Waals surface area contributed by atoms with Crippen molar-refractivity contribution in [3.05, 3.63) is 0 Å². The lowest BCUT2D eigenvalue weighted by atomic mass is 10.4. The van der Waals surface area contributed by atoms with E-state index in [-0.39, 0.29) is 17.6 Å². The highest BCUT2D eigenvalue weighted by Gasteiger charge is 2.36. The van der Waals surface area contributed by atoms with E-state index in [2.05, 4.69) is 0 Å². The molecule has 2 N–H and O–H groups in total. The second-order valence-electron chi connectivity index (χ2n) is 3.34. The fourth-order valence-corrected chi connectivity index (χ4v) is 0.917. The molecule has 0 aliphatic rings. The Kier molecular flexibility index (Phi) is 3.95. The first kappa shape index (κ1) is 11.7. The summed E-state index contributed by atoms with van der Waals surface area (Å²) in [6.45, 7) is -0.492. The molecule has 3 nitrogen and oxygen atoms in total. The molecule has 12 heavy (non-hydrogen) atoms. The highest BCUT2D eigenvalue weighted by atomic mass is 19.4. The number of hydrogen-bond donors (Lipinski definition) is 2. The van der Waals surface area contributed by atoms with Crippen molar-refractivity contribution in [2.24, 2.45) is 0 Å². The molecule has 0 heterocycles. The Bertz CT molecular complexity index is 135. The minimum absolute atomic E-state index is 0.156. The molecule has 0 unspecified atom stereocenters. The molecule has 0 aromatic carbocycles. The van der Waals surface area contributed by atoms with E-state index in [9.17, 15) is 13.2 Å². The SMILES string of the molecule is C[N+](C)(CCNO)CC(F)(F)F. The van der Waals surface area contributed by atoms with Gasteiger partial charge in [-0.25, -0.2) is 0 Å². The van der Waals surface area contributed by atoms with Gasteiger partial charge in [-0.3, -0.25) is 0 Å². The van der Waals surface area contributed by atoms with Crippen LogP contribution >= 0.6 is 0 Å². The van der Waals surface area contributed by atoms with Gasteiger partial charge in [0.15, 0.2) is 6.54 Å². The Morgan fingerprint density at radius 2 is 1.83 bits per heavy atom. The maximum Gasteiger partial charge on any atom is 0.438 e. The monoisotopic (exact) mass is 187 g/mol. The van der Waals surface area contributed by atoms with Gasteiger partial charge in [0.05, 0.1) is 27.2 Å². The minimum atomic E-state index is -4.15. The fourth-order valence-electron chi connectivity index (χ4n) is 0.917.